The highest BCUT2D eigenvalue weighted by molar-refractivity contribution is 5.91. The molecule has 2 heteroatoms. The number of benzene rings is 2. The lowest BCUT2D eigenvalue weighted by atomic mass is 9.96. The van der Waals surface area contributed by atoms with E-state index in [0.29, 0.717) is 5.56 Å². The maximum atomic E-state index is 11.3. The van der Waals surface area contributed by atoms with E-state index in [-0.39, 0.29) is 0 Å². The van der Waals surface area contributed by atoms with Crippen molar-refractivity contribution < 1.29 is 9.90 Å². The van der Waals surface area contributed by atoms with Crippen LogP contribution in [-0.4, -0.2) is 11.1 Å². The molecular formula is C16H16O2. The first-order chi connectivity index (χ1) is 8.68. The molecule has 0 amide bonds. The zero-order chi connectivity index (χ0) is 13.0. The minimum absolute atomic E-state index is 0.452. The molecule has 0 saturated carbocycles. The fourth-order valence-corrected chi connectivity index (χ4v) is 2.17. The predicted octanol–water partition coefficient (Wildman–Crippen LogP) is 3.48. The van der Waals surface area contributed by atoms with Crippen molar-refractivity contribution in [1.82, 2.24) is 0 Å². The summed E-state index contributed by atoms with van der Waals surface area (Å²) in [6.07, 6.45) is 1.62. The van der Waals surface area contributed by atoms with Crippen LogP contribution in [0.15, 0.2) is 48.5 Å². The first kappa shape index (κ1) is 12.4. The van der Waals surface area contributed by atoms with Gasteiger partial charge in [-0.15, -0.1) is 0 Å². The summed E-state index contributed by atoms with van der Waals surface area (Å²) in [4.78, 5) is 11.3. The van der Waals surface area contributed by atoms with Crippen LogP contribution in [0.4, 0.5) is 0 Å². The smallest absolute Gasteiger partial charge is 0.336 e. The van der Waals surface area contributed by atoms with Gasteiger partial charge in [0, 0.05) is 0 Å². The summed E-state index contributed by atoms with van der Waals surface area (Å²) < 4.78 is 0. The van der Waals surface area contributed by atoms with Crippen molar-refractivity contribution in [2.75, 3.05) is 0 Å². The van der Waals surface area contributed by atoms with E-state index in [1.165, 1.54) is 5.56 Å². The molecule has 0 heterocycles. The highest BCUT2D eigenvalue weighted by atomic mass is 16.4. The van der Waals surface area contributed by atoms with Crippen molar-refractivity contribution in [2.24, 2.45) is 0 Å². The van der Waals surface area contributed by atoms with Crippen molar-refractivity contribution in [3.8, 4) is 0 Å². The molecule has 0 aliphatic heterocycles. The van der Waals surface area contributed by atoms with Crippen LogP contribution in [0.3, 0.4) is 0 Å². The molecule has 0 spiro atoms. The highest BCUT2D eigenvalue weighted by Crippen LogP contribution is 2.16. The van der Waals surface area contributed by atoms with E-state index < -0.39 is 5.97 Å². The molecule has 2 aromatic rings. The van der Waals surface area contributed by atoms with Gasteiger partial charge in [0.25, 0.3) is 0 Å². The quantitative estimate of drug-likeness (QED) is 0.888. The first-order valence-electron chi connectivity index (χ1n) is 6.04. The van der Waals surface area contributed by atoms with Gasteiger partial charge in [0.2, 0.25) is 0 Å². The molecule has 0 radical (unpaired) electrons. The van der Waals surface area contributed by atoms with E-state index in [0.717, 1.165) is 24.0 Å². The van der Waals surface area contributed by atoms with Gasteiger partial charge in [-0.2, -0.15) is 0 Å². The van der Waals surface area contributed by atoms with Crippen molar-refractivity contribution in [1.29, 1.82) is 0 Å². The van der Waals surface area contributed by atoms with Crippen LogP contribution in [0.5, 0.6) is 0 Å². The van der Waals surface area contributed by atoms with Gasteiger partial charge in [-0.25, -0.2) is 4.79 Å². The van der Waals surface area contributed by atoms with Gasteiger partial charge >= 0.3 is 5.97 Å². The molecule has 0 saturated heterocycles. The van der Waals surface area contributed by atoms with E-state index >= 15 is 0 Å². The monoisotopic (exact) mass is 240 g/mol. The minimum Gasteiger partial charge on any atom is -0.478 e. The number of rotatable bonds is 4. The van der Waals surface area contributed by atoms with Gasteiger partial charge in [0.1, 0.15) is 0 Å². The highest BCUT2D eigenvalue weighted by Gasteiger charge is 2.12. The van der Waals surface area contributed by atoms with Crippen molar-refractivity contribution in [3.63, 3.8) is 0 Å². The van der Waals surface area contributed by atoms with Crippen LogP contribution < -0.4 is 0 Å². The van der Waals surface area contributed by atoms with E-state index in [2.05, 4.69) is 12.1 Å². The molecule has 2 aromatic carbocycles. The molecule has 92 valence electrons. The Morgan fingerprint density at radius 2 is 1.72 bits per heavy atom. The average molecular weight is 240 g/mol. The maximum Gasteiger partial charge on any atom is 0.336 e. The van der Waals surface area contributed by atoms with Gasteiger partial charge in [-0.05, 0) is 36.5 Å². The molecule has 0 bridgehead atoms. The Labute approximate surface area is 107 Å². The largest absolute Gasteiger partial charge is 0.478 e. The minimum atomic E-state index is -0.837. The lowest BCUT2D eigenvalue weighted by molar-refractivity contribution is 0.0695. The van der Waals surface area contributed by atoms with Gasteiger partial charge in [0.15, 0.2) is 0 Å². The third-order valence-corrected chi connectivity index (χ3v) is 3.10. The molecule has 0 aromatic heterocycles. The summed E-state index contributed by atoms with van der Waals surface area (Å²) in [6.45, 7) is 1.84. The van der Waals surface area contributed by atoms with E-state index in [1.54, 1.807) is 0 Å². The molecule has 0 fully saturated rings. The Balaban J connectivity index is 2.20. The number of hydrogen-bond acceptors (Lipinski definition) is 1. The normalized spacial score (nSPS) is 10.3. The van der Waals surface area contributed by atoms with Crippen molar-refractivity contribution in [3.05, 3.63) is 70.8 Å². The van der Waals surface area contributed by atoms with Crippen LogP contribution >= 0.6 is 0 Å². The topological polar surface area (TPSA) is 37.3 Å². The van der Waals surface area contributed by atoms with Crippen LogP contribution in [0, 0.1) is 6.92 Å². The summed E-state index contributed by atoms with van der Waals surface area (Å²) in [5.74, 6) is -0.837. The van der Waals surface area contributed by atoms with Crippen molar-refractivity contribution >= 4 is 5.97 Å². The summed E-state index contributed by atoms with van der Waals surface area (Å²) in [5, 5.41) is 9.24. The molecule has 0 aliphatic carbocycles. The number of aromatic carboxylic acids is 1. The zero-order valence-corrected chi connectivity index (χ0v) is 10.4. The number of carbonyl (C=O) groups is 1. The summed E-state index contributed by atoms with van der Waals surface area (Å²) in [7, 11) is 0. The zero-order valence-electron chi connectivity index (χ0n) is 10.4. The third-order valence-electron chi connectivity index (χ3n) is 3.10. The van der Waals surface area contributed by atoms with Crippen molar-refractivity contribution in [2.45, 2.75) is 19.8 Å². The van der Waals surface area contributed by atoms with Gasteiger partial charge in [-0.1, -0.05) is 48.5 Å². The molecule has 18 heavy (non-hydrogen) atoms. The molecule has 0 unspecified atom stereocenters. The first-order valence-corrected chi connectivity index (χ1v) is 6.04. The summed E-state index contributed by atoms with van der Waals surface area (Å²) in [5.41, 5.74) is 3.42. The second-order valence-corrected chi connectivity index (χ2v) is 4.40. The van der Waals surface area contributed by atoms with Crippen LogP contribution in [0.1, 0.15) is 27.0 Å². The lowest BCUT2D eigenvalue weighted by Crippen LogP contribution is -2.06. The van der Waals surface area contributed by atoms with E-state index in [4.69, 9.17) is 0 Å². The van der Waals surface area contributed by atoms with Gasteiger partial charge in [-0.3, -0.25) is 0 Å². The SMILES string of the molecule is Cc1cccc(CCc2ccccc2)c1C(=O)O. The lowest BCUT2D eigenvalue weighted by Gasteiger charge is -2.08. The van der Waals surface area contributed by atoms with E-state index in [1.807, 2.05) is 43.3 Å². The average Bonchev–Trinajstić information content (AvgIpc) is 2.37. The van der Waals surface area contributed by atoms with Crippen LogP contribution in [0.2, 0.25) is 0 Å². The third kappa shape index (κ3) is 2.77. The fourth-order valence-electron chi connectivity index (χ4n) is 2.17. The molecule has 2 nitrogen and oxygen atoms in total. The molecule has 2 rings (SSSR count). The maximum absolute atomic E-state index is 11.3. The van der Waals surface area contributed by atoms with Gasteiger partial charge < -0.3 is 5.11 Å². The Kier molecular flexibility index (Phi) is 3.78. The second kappa shape index (κ2) is 5.50. The Morgan fingerprint density at radius 3 is 2.39 bits per heavy atom. The molecular weight excluding hydrogens is 224 g/mol. The Morgan fingerprint density at radius 1 is 1.00 bits per heavy atom. The number of hydrogen-bond donors (Lipinski definition) is 1. The standard InChI is InChI=1S/C16H16O2/c1-12-6-5-9-14(15(12)16(17)18)11-10-13-7-3-2-4-8-13/h2-9H,10-11H2,1H3,(H,17,18). The fraction of sp³-hybridized carbons (Fsp3) is 0.188. The predicted molar refractivity (Wildman–Crippen MR) is 72.0 cm³/mol. The molecule has 1 N–H and O–H groups in total. The number of aryl methyl sites for hydroxylation is 3. The van der Waals surface area contributed by atoms with Gasteiger partial charge in [0.05, 0.1) is 5.56 Å². The Bertz CT molecular complexity index is 544. The second-order valence-electron chi connectivity index (χ2n) is 4.40. The number of carboxylic acids is 1. The molecule has 0 atom stereocenters. The Hall–Kier alpha value is -2.09. The van der Waals surface area contributed by atoms with Crippen LogP contribution in [-0.2, 0) is 12.8 Å². The van der Waals surface area contributed by atoms with E-state index in [9.17, 15) is 9.90 Å². The molecule has 0 aliphatic rings. The summed E-state index contributed by atoms with van der Waals surface area (Å²) >= 11 is 0. The number of carboxylic acid groups (broad SMARTS) is 1. The summed E-state index contributed by atoms with van der Waals surface area (Å²) in [6, 6.07) is 15.8. The van der Waals surface area contributed by atoms with Crippen LogP contribution in [0.25, 0.3) is 0 Å².